The third-order valence-electron chi connectivity index (χ3n) is 4.82. The molecule has 1 N–H and O–H groups in total. The number of hydrogen-bond donors (Lipinski definition) is 1. The molecule has 0 saturated carbocycles. The summed E-state index contributed by atoms with van der Waals surface area (Å²) in [5.74, 6) is -0.273. The SMILES string of the molecule is Cc1ccc(CN(C)CC(=O)N(C)CC(=O)Nc2cc(C)ccc2C)c(C)c1. The standard InChI is InChI=1S/C23H31N3O2/c1-16-8-10-20(19(4)11-16)13-25(5)15-23(28)26(6)14-22(27)24-21-12-17(2)7-9-18(21)3/h7-12H,13-15H2,1-6H3,(H,24,27). The number of likely N-dealkylation sites (N-methyl/N-ethyl adjacent to an activating group) is 2. The van der Waals surface area contributed by atoms with Crippen LogP contribution in [0.3, 0.4) is 0 Å². The van der Waals surface area contributed by atoms with E-state index in [1.165, 1.54) is 21.6 Å². The van der Waals surface area contributed by atoms with Crippen molar-refractivity contribution in [2.75, 3.05) is 32.5 Å². The number of benzene rings is 2. The minimum absolute atomic E-state index is 0.0314. The number of aryl methyl sites for hydroxylation is 4. The molecule has 0 aliphatic rings. The van der Waals surface area contributed by atoms with Gasteiger partial charge in [0.05, 0.1) is 13.1 Å². The smallest absolute Gasteiger partial charge is 0.243 e. The first-order valence-electron chi connectivity index (χ1n) is 9.51. The summed E-state index contributed by atoms with van der Waals surface area (Å²) in [6, 6.07) is 12.3. The minimum Gasteiger partial charge on any atom is -0.335 e. The summed E-state index contributed by atoms with van der Waals surface area (Å²) in [7, 11) is 3.58. The molecule has 0 aromatic heterocycles. The van der Waals surface area contributed by atoms with Gasteiger partial charge in [0.15, 0.2) is 0 Å². The second kappa shape index (κ2) is 9.51. The predicted molar refractivity (Wildman–Crippen MR) is 114 cm³/mol. The van der Waals surface area contributed by atoms with Crippen molar-refractivity contribution in [1.29, 1.82) is 0 Å². The zero-order valence-electron chi connectivity index (χ0n) is 17.8. The maximum Gasteiger partial charge on any atom is 0.243 e. The molecule has 2 amide bonds. The highest BCUT2D eigenvalue weighted by Gasteiger charge is 2.16. The lowest BCUT2D eigenvalue weighted by Gasteiger charge is -2.22. The van der Waals surface area contributed by atoms with Crippen LogP contribution >= 0.6 is 0 Å². The molecular formula is C23H31N3O2. The molecule has 0 atom stereocenters. The zero-order valence-corrected chi connectivity index (χ0v) is 17.8. The summed E-state index contributed by atoms with van der Waals surface area (Å²) in [4.78, 5) is 28.3. The van der Waals surface area contributed by atoms with Gasteiger partial charge in [-0.2, -0.15) is 0 Å². The van der Waals surface area contributed by atoms with E-state index in [-0.39, 0.29) is 24.9 Å². The van der Waals surface area contributed by atoms with Crippen LogP contribution in [0.5, 0.6) is 0 Å². The molecule has 0 fully saturated rings. The van der Waals surface area contributed by atoms with Crippen molar-refractivity contribution in [1.82, 2.24) is 9.80 Å². The molecule has 5 heteroatoms. The first-order valence-corrected chi connectivity index (χ1v) is 9.51. The Balaban J connectivity index is 1.87. The Morgan fingerprint density at radius 3 is 2.18 bits per heavy atom. The van der Waals surface area contributed by atoms with Gasteiger partial charge in [-0.05, 0) is 63.1 Å². The van der Waals surface area contributed by atoms with E-state index in [0.29, 0.717) is 6.54 Å². The summed E-state index contributed by atoms with van der Waals surface area (Å²) in [6.45, 7) is 9.08. The Morgan fingerprint density at radius 1 is 0.857 bits per heavy atom. The lowest BCUT2D eigenvalue weighted by molar-refractivity contribution is -0.134. The van der Waals surface area contributed by atoms with Gasteiger partial charge in [0.1, 0.15) is 0 Å². The zero-order chi connectivity index (χ0) is 20.8. The van der Waals surface area contributed by atoms with Crippen LogP contribution in [-0.2, 0) is 16.1 Å². The summed E-state index contributed by atoms with van der Waals surface area (Å²) in [5, 5.41) is 2.90. The van der Waals surface area contributed by atoms with Gasteiger partial charge in [0, 0.05) is 19.3 Å². The third-order valence-corrected chi connectivity index (χ3v) is 4.82. The summed E-state index contributed by atoms with van der Waals surface area (Å²) < 4.78 is 0. The number of carbonyl (C=O) groups is 2. The van der Waals surface area contributed by atoms with Crippen molar-refractivity contribution in [2.24, 2.45) is 0 Å². The van der Waals surface area contributed by atoms with Crippen molar-refractivity contribution in [3.63, 3.8) is 0 Å². The normalized spacial score (nSPS) is 10.8. The molecule has 0 radical (unpaired) electrons. The molecule has 2 rings (SSSR count). The fourth-order valence-electron chi connectivity index (χ4n) is 3.09. The van der Waals surface area contributed by atoms with Gasteiger partial charge in [0.25, 0.3) is 0 Å². The van der Waals surface area contributed by atoms with E-state index in [2.05, 4.69) is 37.4 Å². The van der Waals surface area contributed by atoms with Crippen LogP contribution in [0.15, 0.2) is 36.4 Å². The lowest BCUT2D eigenvalue weighted by atomic mass is 10.1. The molecule has 0 heterocycles. The molecule has 0 aliphatic heterocycles. The second-order valence-corrected chi connectivity index (χ2v) is 7.72. The molecule has 5 nitrogen and oxygen atoms in total. The Morgan fingerprint density at radius 2 is 1.50 bits per heavy atom. The van der Waals surface area contributed by atoms with Gasteiger partial charge >= 0.3 is 0 Å². The van der Waals surface area contributed by atoms with E-state index >= 15 is 0 Å². The predicted octanol–water partition coefficient (Wildman–Crippen LogP) is 3.45. The fraction of sp³-hybridized carbons (Fsp3) is 0.391. The Bertz CT molecular complexity index is 861. The Labute approximate surface area is 168 Å². The maximum atomic E-state index is 12.5. The van der Waals surface area contributed by atoms with Crippen molar-refractivity contribution in [3.8, 4) is 0 Å². The van der Waals surface area contributed by atoms with Gasteiger partial charge in [-0.3, -0.25) is 14.5 Å². The molecule has 150 valence electrons. The average molecular weight is 382 g/mol. The summed E-state index contributed by atoms with van der Waals surface area (Å²) in [6.07, 6.45) is 0. The number of anilines is 1. The van der Waals surface area contributed by atoms with E-state index in [9.17, 15) is 9.59 Å². The summed E-state index contributed by atoms with van der Waals surface area (Å²) >= 11 is 0. The second-order valence-electron chi connectivity index (χ2n) is 7.72. The number of nitrogens with zero attached hydrogens (tertiary/aromatic N) is 2. The molecular weight excluding hydrogens is 350 g/mol. The van der Waals surface area contributed by atoms with Crippen molar-refractivity contribution < 1.29 is 9.59 Å². The molecule has 2 aromatic rings. The number of hydrogen-bond acceptors (Lipinski definition) is 3. The molecule has 0 bridgehead atoms. The highest BCUT2D eigenvalue weighted by Crippen LogP contribution is 2.16. The molecule has 0 aliphatic carbocycles. The topological polar surface area (TPSA) is 52.7 Å². The quantitative estimate of drug-likeness (QED) is 0.799. The van der Waals surface area contributed by atoms with Gasteiger partial charge in [-0.25, -0.2) is 0 Å². The Kier molecular flexibility index (Phi) is 7.35. The van der Waals surface area contributed by atoms with E-state index < -0.39 is 0 Å². The molecule has 0 spiro atoms. The average Bonchev–Trinajstić information content (AvgIpc) is 2.60. The molecule has 28 heavy (non-hydrogen) atoms. The van der Waals surface area contributed by atoms with Crippen LogP contribution in [0, 0.1) is 27.7 Å². The monoisotopic (exact) mass is 381 g/mol. The van der Waals surface area contributed by atoms with Crippen LogP contribution in [0.4, 0.5) is 5.69 Å². The Hall–Kier alpha value is -2.66. The van der Waals surface area contributed by atoms with Crippen molar-refractivity contribution in [2.45, 2.75) is 34.2 Å². The van der Waals surface area contributed by atoms with E-state index in [4.69, 9.17) is 0 Å². The van der Waals surface area contributed by atoms with Crippen molar-refractivity contribution >= 4 is 17.5 Å². The van der Waals surface area contributed by atoms with Crippen molar-refractivity contribution in [3.05, 3.63) is 64.2 Å². The highest BCUT2D eigenvalue weighted by molar-refractivity contribution is 5.95. The van der Waals surface area contributed by atoms with Crippen LogP contribution in [0.25, 0.3) is 0 Å². The number of nitrogens with one attached hydrogen (secondary N) is 1. The first kappa shape index (κ1) is 21.6. The largest absolute Gasteiger partial charge is 0.335 e. The first-order chi connectivity index (χ1) is 13.2. The van der Waals surface area contributed by atoms with E-state index in [1.54, 1.807) is 7.05 Å². The maximum absolute atomic E-state index is 12.5. The third kappa shape index (κ3) is 6.20. The highest BCUT2D eigenvalue weighted by atomic mass is 16.2. The minimum atomic E-state index is -0.193. The summed E-state index contributed by atoms with van der Waals surface area (Å²) in [5.41, 5.74) is 6.53. The van der Waals surface area contributed by atoms with Crippen LogP contribution < -0.4 is 5.32 Å². The fourth-order valence-corrected chi connectivity index (χ4v) is 3.09. The van der Waals surface area contributed by atoms with Crippen LogP contribution in [0.2, 0.25) is 0 Å². The van der Waals surface area contributed by atoms with Crippen LogP contribution in [-0.4, -0.2) is 48.8 Å². The lowest BCUT2D eigenvalue weighted by Crippen LogP contribution is -2.40. The van der Waals surface area contributed by atoms with E-state index in [0.717, 1.165) is 16.8 Å². The molecule has 0 unspecified atom stereocenters. The number of carbonyl (C=O) groups excluding carboxylic acids is 2. The van der Waals surface area contributed by atoms with Crippen LogP contribution in [0.1, 0.15) is 27.8 Å². The van der Waals surface area contributed by atoms with E-state index in [1.807, 2.05) is 44.0 Å². The molecule has 2 aromatic carbocycles. The number of rotatable bonds is 7. The molecule has 0 saturated heterocycles. The number of amides is 2. The van der Waals surface area contributed by atoms with Gasteiger partial charge in [-0.1, -0.05) is 35.9 Å². The van der Waals surface area contributed by atoms with Gasteiger partial charge < -0.3 is 10.2 Å². The van der Waals surface area contributed by atoms with Gasteiger partial charge in [-0.15, -0.1) is 0 Å². The van der Waals surface area contributed by atoms with Gasteiger partial charge in [0.2, 0.25) is 11.8 Å².